The number of rotatable bonds is 2. The van der Waals surface area contributed by atoms with Crippen LogP contribution in [0.4, 0.5) is 10.1 Å². The molecule has 0 bridgehead atoms. The Labute approximate surface area is 111 Å². The summed E-state index contributed by atoms with van der Waals surface area (Å²) in [5, 5.41) is 0.575. The van der Waals surface area contributed by atoms with E-state index in [1.807, 2.05) is 6.07 Å². The summed E-state index contributed by atoms with van der Waals surface area (Å²) in [6.07, 6.45) is 2.44. The predicted octanol–water partition coefficient (Wildman–Crippen LogP) is 4.35. The first-order valence-electron chi connectivity index (χ1n) is 6.12. The van der Waals surface area contributed by atoms with Crippen LogP contribution in [0.1, 0.15) is 32.3 Å². The van der Waals surface area contributed by atoms with Crippen LogP contribution in [-0.4, -0.2) is 13.1 Å². The van der Waals surface area contributed by atoms with E-state index in [0.717, 1.165) is 24.3 Å². The molecule has 0 aromatic heterocycles. The smallest absolute Gasteiger partial charge is 0.129 e. The number of benzene rings is 1. The first-order chi connectivity index (χ1) is 8.03. The highest BCUT2D eigenvalue weighted by Crippen LogP contribution is 2.34. The average Bonchev–Trinajstić information content (AvgIpc) is 2.27. The largest absolute Gasteiger partial charge is 0.371 e. The van der Waals surface area contributed by atoms with Crippen molar-refractivity contribution in [1.82, 2.24) is 0 Å². The molecule has 1 aromatic carbocycles. The van der Waals surface area contributed by atoms with E-state index in [2.05, 4.69) is 34.7 Å². The van der Waals surface area contributed by atoms with Crippen molar-refractivity contribution < 1.29 is 4.39 Å². The Kier molecular flexibility index (Phi) is 3.76. The van der Waals surface area contributed by atoms with Crippen LogP contribution >= 0.6 is 15.9 Å². The second-order valence-electron chi connectivity index (χ2n) is 5.56. The molecule has 0 aliphatic carbocycles. The normalized spacial score (nSPS) is 19.4. The molecule has 94 valence electrons. The third kappa shape index (κ3) is 2.82. The highest BCUT2D eigenvalue weighted by Gasteiger charge is 2.27. The number of alkyl halides is 1. The Bertz CT molecular complexity index is 403. The lowest BCUT2D eigenvalue weighted by molar-refractivity contribution is 0.293. The van der Waals surface area contributed by atoms with Gasteiger partial charge in [0.1, 0.15) is 5.82 Å². The predicted molar refractivity (Wildman–Crippen MR) is 74.3 cm³/mol. The number of halogens is 2. The van der Waals surface area contributed by atoms with Crippen molar-refractivity contribution in [1.29, 1.82) is 0 Å². The monoisotopic (exact) mass is 299 g/mol. The molecular formula is C14H19BrFN. The maximum atomic E-state index is 13.7. The van der Waals surface area contributed by atoms with E-state index in [4.69, 9.17) is 0 Å². The fraction of sp³-hybridized carbons (Fsp3) is 0.571. The van der Waals surface area contributed by atoms with Crippen LogP contribution in [0.25, 0.3) is 0 Å². The van der Waals surface area contributed by atoms with Gasteiger partial charge in [-0.05, 0) is 30.4 Å². The van der Waals surface area contributed by atoms with Gasteiger partial charge in [0.15, 0.2) is 0 Å². The van der Waals surface area contributed by atoms with Crippen molar-refractivity contribution in [3.8, 4) is 0 Å². The van der Waals surface area contributed by atoms with Gasteiger partial charge in [-0.2, -0.15) is 0 Å². The van der Waals surface area contributed by atoms with Crippen molar-refractivity contribution >= 4 is 21.6 Å². The van der Waals surface area contributed by atoms with Crippen LogP contribution in [0.3, 0.4) is 0 Å². The van der Waals surface area contributed by atoms with Gasteiger partial charge < -0.3 is 4.90 Å². The molecule has 0 N–H and O–H groups in total. The zero-order valence-electron chi connectivity index (χ0n) is 10.5. The summed E-state index contributed by atoms with van der Waals surface area (Å²) in [4.78, 5) is 2.32. The quantitative estimate of drug-likeness (QED) is 0.734. The summed E-state index contributed by atoms with van der Waals surface area (Å²) >= 11 is 3.39. The molecule has 0 unspecified atom stereocenters. The van der Waals surface area contributed by atoms with Crippen molar-refractivity contribution in [2.45, 2.75) is 32.0 Å². The highest BCUT2D eigenvalue weighted by atomic mass is 79.9. The van der Waals surface area contributed by atoms with Gasteiger partial charge in [0.2, 0.25) is 0 Å². The lowest BCUT2D eigenvalue weighted by Crippen LogP contribution is -2.40. The van der Waals surface area contributed by atoms with E-state index < -0.39 is 0 Å². The molecule has 1 aromatic rings. The Morgan fingerprint density at radius 3 is 2.82 bits per heavy atom. The molecule has 1 saturated heterocycles. The van der Waals surface area contributed by atoms with Crippen LogP contribution in [0.5, 0.6) is 0 Å². The van der Waals surface area contributed by atoms with Crippen LogP contribution < -0.4 is 4.90 Å². The van der Waals surface area contributed by atoms with E-state index in [9.17, 15) is 4.39 Å². The van der Waals surface area contributed by atoms with Crippen LogP contribution in [0.15, 0.2) is 18.2 Å². The highest BCUT2D eigenvalue weighted by molar-refractivity contribution is 9.08. The molecule has 17 heavy (non-hydrogen) atoms. The van der Waals surface area contributed by atoms with Gasteiger partial charge in [-0.15, -0.1) is 0 Å². The van der Waals surface area contributed by atoms with Gasteiger partial charge in [0.25, 0.3) is 0 Å². The molecule has 2 rings (SSSR count). The summed E-state index contributed by atoms with van der Waals surface area (Å²) < 4.78 is 13.7. The standard InChI is InChI=1S/C14H19BrFN/c1-14(2)7-4-8-17(10-14)13-6-3-5-12(16)11(13)9-15/h3,5-6H,4,7-10H2,1-2H3. The van der Waals surface area contributed by atoms with E-state index >= 15 is 0 Å². The Hall–Kier alpha value is -0.570. The van der Waals surface area contributed by atoms with Crippen molar-refractivity contribution in [2.75, 3.05) is 18.0 Å². The Morgan fingerprint density at radius 1 is 1.41 bits per heavy atom. The zero-order valence-corrected chi connectivity index (χ0v) is 12.1. The summed E-state index contributed by atoms with van der Waals surface area (Å²) in [7, 11) is 0. The Balaban J connectivity index is 2.30. The number of nitrogens with zero attached hydrogens (tertiary/aromatic N) is 1. The second-order valence-corrected chi connectivity index (χ2v) is 6.12. The molecule has 1 fully saturated rings. The lowest BCUT2D eigenvalue weighted by atomic mass is 9.84. The molecule has 1 nitrogen and oxygen atoms in total. The van der Waals surface area contributed by atoms with Gasteiger partial charge in [-0.3, -0.25) is 0 Å². The molecular weight excluding hydrogens is 281 g/mol. The van der Waals surface area contributed by atoms with E-state index in [0.29, 0.717) is 10.7 Å². The van der Waals surface area contributed by atoms with Crippen molar-refractivity contribution in [3.05, 3.63) is 29.6 Å². The molecule has 0 atom stereocenters. The molecule has 0 saturated carbocycles. The molecule has 1 aliphatic heterocycles. The summed E-state index contributed by atoms with van der Waals surface area (Å²) in [6.45, 7) is 6.61. The molecule has 0 spiro atoms. The van der Waals surface area contributed by atoms with E-state index in [-0.39, 0.29) is 5.82 Å². The van der Waals surface area contributed by atoms with Crippen LogP contribution in [0, 0.1) is 11.2 Å². The SMILES string of the molecule is CC1(C)CCCN(c2cccc(F)c2CBr)C1. The maximum Gasteiger partial charge on any atom is 0.129 e. The molecule has 3 heteroatoms. The summed E-state index contributed by atoms with van der Waals surface area (Å²) in [5.41, 5.74) is 2.16. The third-order valence-corrected chi connectivity index (χ3v) is 4.03. The fourth-order valence-corrected chi connectivity index (χ4v) is 3.16. The third-order valence-electron chi connectivity index (χ3n) is 3.47. The number of hydrogen-bond acceptors (Lipinski definition) is 1. The van der Waals surface area contributed by atoms with Crippen molar-refractivity contribution in [2.24, 2.45) is 5.41 Å². The van der Waals surface area contributed by atoms with Gasteiger partial charge >= 0.3 is 0 Å². The zero-order chi connectivity index (χ0) is 12.5. The minimum atomic E-state index is -0.109. The van der Waals surface area contributed by atoms with E-state index in [1.54, 1.807) is 6.07 Å². The van der Waals surface area contributed by atoms with Crippen molar-refractivity contribution in [3.63, 3.8) is 0 Å². The maximum absolute atomic E-state index is 13.7. The first-order valence-corrected chi connectivity index (χ1v) is 7.24. The van der Waals surface area contributed by atoms with Gasteiger partial charge in [0, 0.05) is 29.7 Å². The minimum absolute atomic E-state index is 0.109. The fourth-order valence-electron chi connectivity index (χ4n) is 2.60. The first kappa shape index (κ1) is 12.9. The average molecular weight is 300 g/mol. The van der Waals surface area contributed by atoms with E-state index in [1.165, 1.54) is 18.9 Å². The Morgan fingerprint density at radius 2 is 2.18 bits per heavy atom. The molecule has 0 amide bonds. The number of hydrogen-bond donors (Lipinski definition) is 0. The summed E-state index contributed by atoms with van der Waals surface area (Å²) in [6, 6.07) is 5.37. The molecule has 1 aliphatic rings. The number of piperidine rings is 1. The van der Waals surface area contributed by atoms with Gasteiger partial charge in [-0.1, -0.05) is 35.8 Å². The minimum Gasteiger partial charge on any atom is -0.371 e. The van der Waals surface area contributed by atoms with Gasteiger partial charge in [0.05, 0.1) is 0 Å². The topological polar surface area (TPSA) is 3.24 Å². The number of anilines is 1. The van der Waals surface area contributed by atoms with Crippen LogP contribution in [-0.2, 0) is 5.33 Å². The summed E-state index contributed by atoms with van der Waals surface area (Å²) in [5.74, 6) is -0.109. The second kappa shape index (κ2) is 4.97. The molecule has 0 radical (unpaired) electrons. The lowest BCUT2D eigenvalue weighted by Gasteiger charge is -2.40. The van der Waals surface area contributed by atoms with Gasteiger partial charge in [-0.25, -0.2) is 4.39 Å². The molecule has 1 heterocycles. The van der Waals surface area contributed by atoms with Crippen LogP contribution in [0.2, 0.25) is 0 Å².